The Bertz CT molecular complexity index is 1450. The van der Waals surface area contributed by atoms with E-state index in [2.05, 4.69) is 30.7 Å². The Kier molecular flexibility index (Phi) is 6.35. The van der Waals surface area contributed by atoms with Gasteiger partial charge >= 0.3 is 0 Å². The van der Waals surface area contributed by atoms with Crippen LogP contribution in [-0.4, -0.2) is 42.6 Å². The average molecular weight is 466 g/mol. The Balaban J connectivity index is 1.31. The molecule has 0 unspecified atom stereocenters. The van der Waals surface area contributed by atoms with E-state index >= 15 is 0 Å². The lowest BCUT2D eigenvalue weighted by Gasteiger charge is -2.10. The van der Waals surface area contributed by atoms with Crippen molar-refractivity contribution < 1.29 is 4.79 Å². The third kappa shape index (κ3) is 4.69. The average Bonchev–Trinajstić information content (AvgIpc) is 3.33. The van der Waals surface area contributed by atoms with Gasteiger partial charge in [0.15, 0.2) is 11.0 Å². The molecule has 3 heterocycles. The van der Waals surface area contributed by atoms with Crippen LogP contribution in [-0.2, 0) is 4.79 Å². The predicted molar refractivity (Wildman–Crippen MR) is 133 cm³/mol. The van der Waals surface area contributed by atoms with E-state index in [9.17, 15) is 4.79 Å². The van der Waals surface area contributed by atoms with E-state index in [4.69, 9.17) is 0 Å². The molecule has 9 heteroatoms. The van der Waals surface area contributed by atoms with Gasteiger partial charge in [-0.1, -0.05) is 54.2 Å². The number of pyridine rings is 2. The van der Waals surface area contributed by atoms with Crippen molar-refractivity contribution in [1.29, 1.82) is 0 Å². The number of thioether (sulfide) groups is 1. The number of aromatic nitrogens is 5. The van der Waals surface area contributed by atoms with Gasteiger partial charge in [-0.2, -0.15) is 5.10 Å². The molecule has 166 valence electrons. The molecule has 0 saturated carbocycles. The van der Waals surface area contributed by atoms with Crippen molar-refractivity contribution in [2.24, 2.45) is 5.10 Å². The van der Waals surface area contributed by atoms with Crippen molar-refractivity contribution in [2.45, 2.75) is 5.16 Å². The SMILES string of the molecule is O=C(CSc1nnc(-c2ccncc2)n1-c1ccccc1)N/N=C\c1cccc2cccnc12. The highest BCUT2D eigenvalue weighted by atomic mass is 32.2. The van der Waals surface area contributed by atoms with Gasteiger partial charge in [-0.15, -0.1) is 10.2 Å². The summed E-state index contributed by atoms with van der Waals surface area (Å²) >= 11 is 1.29. The molecule has 0 bridgehead atoms. The van der Waals surface area contributed by atoms with Gasteiger partial charge in [0.1, 0.15) is 0 Å². The van der Waals surface area contributed by atoms with Crippen molar-refractivity contribution >= 4 is 34.8 Å². The summed E-state index contributed by atoms with van der Waals surface area (Å²) in [5, 5.41) is 14.4. The van der Waals surface area contributed by atoms with Crippen LogP contribution in [0.3, 0.4) is 0 Å². The minimum atomic E-state index is -0.248. The highest BCUT2D eigenvalue weighted by Crippen LogP contribution is 2.27. The number of hydrogen-bond acceptors (Lipinski definition) is 7. The maximum Gasteiger partial charge on any atom is 0.250 e. The van der Waals surface area contributed by atoms with Gasteiger partial charge in [0.25, 0.3) is 5.91 Å². The van der Waals surface area contributed by atoms with Crippen molar-refractivity contribution in [3.63, 3.8) is 0 Å². The summed E-state index contributed by atoms with van der Waals surface area (Å²) in [6, 6.07) is 23.2. The second-order valence-electron chi connectivity index (χ2n) is 7.22. The first-order valence-electron chi connectivity index (χ1n) is 10.5. The van der Waals surface area contributed by atoms with Crippen molar-refractivity contribution in [2.75, 3.05) is 5.75 Å². The lowest BCUT2D eigenvalue weighted by Crippen LogP contribution is -2.20. The number of hydrazone groups is 1. The zero-order chi connectivity index (χ0) is 23.2. The molecular formula is C25H19N7OS. The van der Waals surface area contributed by atoms with Gasteiger partial charge in [-0.25, -0.2) is 5.43 Å². The van der Waals surface area contributed by atoms with Crippen LogP contribution in [0.4, 0.5) is 0 Å². The maximum atomic E-state index is 12.5. The largest absolute Gasteiger partial charge is 0.272 e. The molecule has 0 saturated heterocycles. The van der Waals surface area contributed by atoms with Gasteiger partial charge in [-0.05, 0) is 30.3 Å². The molecule has 2 aromatic carbocycles. The summed E-state index contributed by atoms with van der Waals surface area (Å²) in [5.74, 6) is 0.562. The third-order valence-electron chi connectivity index (χ3n) is 4.98. The zero-order valence-corrected chi connectivity index (χ0v) is 18.8. The summed E-state index contributed by atoms with van der Waals surface area (Å²) in [4.78, 5) is 20.9. The lowest BCUT2D eigenvalue weighted by atomic mass is 10.1. The molecular weight excluding hydrogens is 446 g/mol. The highest BCUT2D eigenvalue weighted by Gasteiger charge is 2.17. The summed E-state index contributed by atoms with van der Waals surface area (Å²) in [6.07, 6.45) is 6.76. The minimum absolute atomic E-state index is 0.131. The number of para-hydroxylation sites is 2. The molecule has 3 aromatic heterocycles. The second-order valence-corrected chi connectivity index (χ2v) is 8.16. The molecule has 34 heavy (non-hydrogen) atoms. The first-order valence-corrected chi connectivity index (χ1v) is 11.5. The fraction of sp³-hybridized carbons (Fsp3) is 0.0400. The Morgan fingerprint density at radius 2 is 1.76 bits per heavy atom. The molecule has 1 N–H and O–H groups in total. The van der Waals surface area contributed by atoms with Crippen LogP contribution in [0.5, 0.6) is 0 Å². The van der Waals surface area contributed by atoms with Gasteiger partial charge in [0.2, 0.25) is 0 Å². The van der Waals surface area contributed by atoms with Crippen molar-refractivity contribution in [1.82, 2.24) is 30.2 Å². The summed E-state index contributed by atoms with van der Waals surface area (Å²) < 4.78 is 1.93. The van der Waals surface area contributed by atoms with Crippen LogP contribution >= 0.6 is 11.8 Å². The Morgan fingerprint density at radius 3 is 2.62 bits per heavy atom. The standard InChI is InChI=1S/C25H19N7OS/c33-22(29-28-16-20-7-4-6-18-8-5-13-27-23(18)20)17-34-25-31-30-24(19-11-14-26-15-12-19)32(25)21-9-2-1-3-10-21/h1-16H,17H2,(H,29,33)/b28-16-. The topological polar surface area (TPSA) is 98.0 Å². The number of nitrogens with zero attached hydrogens (tertiary/aromatic N) is 6. The molecule has 8 nitrogen and oxygen atoms in total. The van der Waals surface area contributed by atoms with Gasteiger partial charge in [0, 0.05) is 40.8 Å². The van der Waals surface area contributed by atoms with Crippen LogP contribution in [0.25, 0.3) is 28.0 Å². The van der Waals surface area contributed by atoms with E-state index in [1.54, 1.807) is 24.8 Å². The number of rotatable bonds is 7. The van der Waals surface area contributed by atoms with E-state index in [-0.39, 0.29) is 11.7 Å². The zero-order valence-electron chi connectivity index (χ0n) is 17.9. The maximum absolute atomic E-state index is 12.5. The van der Waals surface area contributed by atoms with Gasteiger partial charge in [0.05, 0.1) is 17.5 Å². The molecule has 0 aliphatic carbocycles. The third-order valence-corrected chi connectivity index (χ3v) is 5.90. The number of benzene rings is 2. The van der Waals surface area contributed by atoms with E-state index < -0.39 is 0 Å². The second kappa shape index (κ2) is 10.1. The van der Waals surface area contributed by atoms with Crippen LogP contribution in [0.1, 0.15) is 5.56 Å². The molecule has 0 aliphatic rings. The number of nitrogens with one attached hydrogen (secondary N) is 1. The quantitative estimate of drug-likeness (QED) is 0.221. The van der Waals surface area contributed by atoms with Crippen LogP contribution in [0.15, 0.2) is 102 Å². The van der Waals surface area contributed by atoms with E-state index in [1.807, 2.05) is 77.4 Å². The number of amides is 1. The smallest absolute Gasteiger partial charge is 0.250 e. The summed E-state index contributed by atoms with van der Waals surface area (Å²) in [5.41, 5.74) is 6.03. The molecule has 0 atom stereocenters. The summed E-state index contributed by atoms with van der Waals surface area (Å²) in [6.45, 7) is 0. The molecule has 0 radical (unpaired) electrons. The number of carbonyl (C=O) groups excluding carboxylic acids is 1. The molecule has 0 fully saturated rings. The van der Waals surface area contributed by atoms with E-state index in [0.29, 0.717) is 11.0 Å². The predicted octanol–water partition coefficient (Wildman–Crippen LogP) is 4.12. The van der Waals surface area contributed by atoms with Crippen molar-refractivity contribution in [3.05, 3.63) is 97.0 Å². The monoisotopic (exact) mass is 465 g/mol. The van der Waals surface area contributed by atoms with Gasteiger partial charge in [-0.3, -0.25) is 19.3 Å². The van der Waals surface area contributed by atoms with E-state index in [1.165, 1.54) is 11.8 Å². The van der Waals surface area contributed by atoms with Crippen LogP contribution in [0, 0.1) is 0 Å². The first kappa shape index (κ1) is 21.5. The lowest BCUT2D eigenvalue weighted by molar-refractivity contribution is -0.118. The Labute approximate surface area is 199 Å². The molecule has 5 aromatic rings. The molecule has 0 spiro atoms. The molecule has 0 aliphatic heterocycles. The van der Waals surface area contributed by atoms with E-state index in [0.717, 1.165) is 27.7 Å². The van der Waals surface area contributed by atoms with Crippen LogP contribution in [0.2, 0.25) is 0 Å². The first-order chi connectivity index (χ1) is 16.8. The highest BCUT2D eigenvalue weighted by molar-refractivity contribution is 7.99. The fourth-order valence-corrected chi connectivity index (χ4v) is 4.17. The number of carbonyl (C=O) groups is 1. The number of hydrogen-bond donors (Lipinski definition) is 1. The molecule has 5 rings (SSSR count). The number of fused-ring (bicyclic) bond motifs is 1. The normalized spacial score (nSPS) is 11.2. The Hall–Kier alpha value is -4.37. The van der Waals surface area contributed by atoms with Gasteiger partial charge < -0.3 is 0 Å². The fourth-order valence-electron chi connectivity index (χ4n) is 3.43. The Morgan fingerprint density at radius 1 is 0.941 bits per heavy atom. The van der Waals surface area contributed by atoms with Crippen LogP contribution < -0.4 is 5.43 Å². The molecule has 1 amide bonds. The van der Waals surface area contributed by atoms with Crippen molar-refractivity contribution in [3.8, 4) is 17.1 Å². The summed E-state index contributed by atoms with van der Waals surface area (Å²) in [7, 11) is 0. The minimum Gasteiger partial charge on any atom is -0.272 e.